The first-order chi connectivity index (χ1) is 14.9. The molecule has 1 amide bonds. The number of hydrogen-bond acceptors (Lipinski definition) is 7. The van der Waals surface area contributed by atoms with Crippen LogP contribution in [-0.4, -0.2) is 72.2 Å². The summed E-state index contributed by atoms with van der Waals surface area (Å²) in [5, 5.41) is 2.85. The Morgan fingerprint density at radius 3 is 2.39 bits per heavy atom. The molecule has 0 atom stereocenters. The molecule has 2 aromatic carbocycles. The van der Waals surface area contributed by atoms with Crippen molar-refractivity contribution in [2.24, 2.45) is 0 Å². The van der Waals surface area contributed by atoms with Crippen LogP contribution in [0.4, 0.5) is 11.4 Å². The van der Waals surface area contributed by atoms with Crippen molar-refractivity contribution in [2.45, 2.75) is 4.90 Å². The number of anilines is 2. The minimum atomic E-state index is -3.69. The lowest BCUT2D eigenvalue weighted by molar-refractivity contribution is 0.102. The second kappa shape index (κ2) is 8.74. The van der Waals surface area contributed by atoms with Gasteiger partial charge in [-0.05, 0) is 30.3 Å². The molecule has 2 aliphatic heterocycles. The van der Waals surface area contributed by atoms with Gasteiger partial charge in [-0.25, -0.2) is 12.7 Å². The molecule has 2 heterocycles. The highest BCUT2D eigenvalue weighted by Crippen LogP contribution is 2.33. The van der Waals surface area contributed by atoms with Crippen molar-refractivity contribution in [2.75, 3.05) is 63.8 Å². The highest BCUT2D eigenvalue weighted by Gasteiger charge is 2.24. The Bertz CT molecular complexity index is 1080. The summed E-state index contributed by atoms with van der Waals surface area (Å²) in [6.07, 6.45) is 0. The molecule has 9 nitrogen and oxygen atoms in total. The van der Waals surface area contributed by atoms with Crippen LogP contribution in [-0.2, 0) is 14.8 Å². The predicted molar refractivity (Wildman–Crippen MR) is 116 cm³/mol. The molecular weight excluding hydrogens is 422 g/mol. The molecule has 0 aromatic heterocycles. The number of rotatable bonds is 5. The average Bonchev–Trinajstić information content (AvgIpc) is 2.79. The summed E-state index contributed by atoms with van der Waals surface area (Å²) in [7, 11) is -0.775. The number of sulfonamides is 1. The first-order valence-electron chi connectivity index (χ1n) is 9.96. The van der Waals surface area contributed by atoms with E-state index in [9.17, 15) is 13.2 Å². The maximum absolute atomic E-state index is 13.2. The molecule has 0 bridgehead atoms. The summed E-state index contributed by atoms with van der Waals surface area (Å²) in [5.41, 5.74) is 1.47. The minimum absolute atomic E-state index is 0.0573. The molecule has 0 unspecified atom stereocenters. The fourth-order valence-electron chi connectivity index (χ4n) is 3.47. The van der Waals surface area contributed by atoms with E-state index in [4.69, 9.17) is 14.2 Å². The van der Waals surface area contributed by atoms with Crippen LogP contribution in [0.3, 0.4) is 0 Å². The summed E-state index contributed by atoms with van der Waals surface area (Å²) >= 11 is 0. The van der Waals surface area contributed by atoms with E-state index in [0.717, 1.165) is 4.31 Å². The van der Waals surface area contributed by atoms with E-state index >= 15 is 0 Å². The van der Waals surface area contributed by atoms with Gasteiger partial charge >= 0.3 is 0 Å². The fourth-order valence-corrected chi connectivity index (χ4v) is 4.40. The molecule has 1 fully saturated rings. The maximum atomic E-state index is 13.2. The number of morpholine rings is 1. The Hall–Kier alpha value is -2.82. The Morgan fingerprint density at radius 2 is 1.68 bits per heavy atom. The monoisotopic (exact) mass is 447 g/mol. The van der Waals surface area contributed by atoms with Crippen molar-refractivity contribution >= 4 is 27.3 Å². The summed E-state index contributed by atoms with van der Waals surface area (Å²) < 4.78 is 42.9. The van der Waals surface area contributed by atoms with Gasteiger partial charge in [-0.15, -0.1) is 0 Å². The highest BCUT2D eigenvalue weighted by molar-refractivity contribution is 7.89. The second-order valence-corrected chi connectivity index (χ2v) is 9.53. The number of hydrogen-bond donors (Lipinski definition) is 1. The lowest BCUT2D eigenvalue weighted by Crippen LogP contribution is -2.37. The van der Waals surface area contributed by atoms with E-state index in [0.29, 0.717) is 62.4 Å². The Labute approximate surface area is 181 Å². The Balaban J connectivity index is 1.69. The van der Waals surface area contributed by atoms with Crippen molar-refractivity contribution in [3.8, 4) is 11.5 Å². The van der Waals surface area contributed by atoms with Crippen LogP contribution in [0.2, 0.25) is 0 Å². The van der Waals surface area contributed by atoms with Crippen LogP contribution in [0.25, 0.3) is 0 Å². The smallest absolute Gasteiger partial charge is 0.257 e. The Kier molecular flexibility index (Phi) is 6.03. The van der Waals surface area contributed by atoms with Crippen molar-refractivity contribution in [1.29, 1.82) is 0 Å². The third-order valence-electron chi connectivity index (χ3n) is 5.14. The molecular formula is C21H25N3O6S. The van der Waals surface area contributed by atoms with Gasteiger partial charge in [0.15, 0.2) is 11.5 Å². The third-order valence-corrected chi connectivity index (χ3v) is 6.95. The zero-order chi connectivity index (χ0) is 22.0. The van der Waals surface area contributed by atoms with E-state index in [1.165, 1.54) is 26.2 Å². The molecule has 1 saturated heterocycles. The zero-order valence-corrected chi connectivity index (χ0v) is 18.3. The number of nitrogens with one attached hydrogen (secondary N) is 1. The van der Waals surface area contributed by atoms with Crippen LogP contribution >= 0.6 is 0 Å². The molecule has 2 aliphatic rings. The topological polar surface area (TPSA) is 97.4 Å². The van der Waals surface area contributed by atoms with E-state index in [1.54, 1.807) is 24.3 Å². The number of carbonyl (C=O) groups excluding carboxylic acids is 1. The molecule has 0 spiro atoms. The molecule has 0 saturated carbocycles. The summed E-state index contributed by atoms with van der Waals surface area (Å²) in [6.45, 7) is 3.24. The normalized spacial score (nSPS) is 16.3. The van der Waals surface area contributed by atoms with E-state index in [-0.39, 0.29) is 10.5 Å². The van der Waals surface area contributed by atoms with Crippen LogP contribution in [0.1, 0.15) is 10.4 Å². The summed E-state index contributed by atoms with van der Waals surface area (Å²) in [4.78, 5) is 15.3. The summed E-state index contributed by atoms with van der Waals surface area (Å²) in [5.74, 6) is 0.771. The molecule has 10 heteroatoms. The lowest BCUT2D eigenvalue weighted by Gasteiger charge is -2.30. The Morgan fingerprint density at radius 1 is 0.968 bits per heavy atom. The van der Waals surface area contributed by atoms with Gasteiger partial charge in [-0.1, -0.05) is 0 Å². The number of ether oxygens (including phenoxy) is 3. The number of nitrogens with zero attached hydrogens (tertiary/aromatic N) is 2. The van der Waals surface area contributed by atoms with E-state index < -0.39 is 15.9 Å². The van der Waals surface area contributed by atoms with Crippen molar-refractivity contribution in [1.82, 2.24) is 4.31 Å². The van der Waals surface area contributed by atoms with Crippen LogP contribution in [0.15, 0.2) is 41.3 Å². The largest absolute Gasteiger partial charge is 0.486 e. The molecule has 166 valence electrons. The first-order valence-corrected chi connectivity index (χ1v) is 11.4. The number of benzene rings is 2. The second-order valence-electron chi connectivity index (χ2n) is 7.38. The first kappa shape index (κ1) is 21.4. The molecule has 31 heavy (non-hydrogen) atoms. The number of fused-ring (bicyclic) bond motifs is 1. The van der Waals surface area contributed by atoms with Crippen LogP contribution < -0.4 is 19.7 Å². The van der Waals surface area contributed by atoms with Gasteiger partial charge in [0, 0.05) is 44.6 Å². The summed E-state index contributed by atoms with van der Waals surface area (Å²) in [6, 6.07) is 9.79. The third kappa shape index (κ3) is 4.46. The van der Waals surface area contributed by atoms with Gasteiger partial charge < -0.3 is 24.4 Å². The van der Waals surface area contributed by atoms with Crippen molar-refractivity contribution in [3.63, 3.8) is 0 Å². The lowest BCUT2D eigenvalue weighted by atomic mass is 10.1. The maximum Gasteiger partial charge on any atom is 0.257 e. The van der Waals surface area contributed by atoms with Crippen LogP contribution in [0.5, 0.6) is 11.5 Å². The van der Waals surface area contributed by atoms with Crippen molar-refractivity contribution in [3.05, 3.63) is 42.0 Å². The number of carbonyl (C=O) groups is 1. The van der Waals surface area contributed by atoms with E-state index in [1.807, 2.05) is 4.90 Å². The van der Waals surface area contributed by atoms with E-state index in [2.05, 4.69) is 5.32 Å². The van der Waals surface area contributed by atoms with Crippen LogP contribution in [0, 0.1) is 0 Å². The quantitative estimate of drug-likeness (QED) is 0.746. The molecule has 2 aromatic rings. The van der Waals surface area contributed by atoms with Gasteiger partial charge in [0.05, 0.1) is 23.7 Å². The molecule has 4 rings (SSSR count). The highest BCUT2D eigenvalue weighted by atomic mass is 32.2. The average molecular weight is 448 g/mol. The van der Waals surface area contributed by atoms with Gasteiger partial charge in [0.25, 0.3) is 5.91 Å². The molecule has 0 aliphatic carbocycles. The van der Waals surface area contributed by atoms with Gasteiger partial charge in [0.1, 0.15) is 13.2 Å². The molecule has 0 radical (unpaired) electrons. The zero-order valence-electron chi connectivity index (χ0n) is 17.5. The van der Waals surface area contributed by atoms with Gasteiger partial charge in [-0.2, -0.15) is 0 Å². The standard InChI is InChI=1S/C21H25N3O6S/c1-23(2)31(26,27)16-4-5-18(24-7-9-28-10-8-24)17(14-16)21(25)22-15-3-6-19-20(13-15)30-12-11-29-19/h3-6,13-14H,7-12H2,1-2H3,(H,22,25). The van der Waals surface area contributed by atoms with Gasteiger partial charge in [0.2, 0.25) is 10.0 Å². The SMILES string of the molecule is CN(C)S(=O)(=O)c1ccc(N2CCOCC2)c(C(=O)Nc2ccc3c(c2)OCCO3)c1. The predicted octanol–water partition coefficient (Wildman–Crippen LogP) is 1.80. The van der Waals surface area contributed by atoms with Gasteiger partial charge in [-0.3, -0.25) is 4.79 Å². The van der Waals surface area contributed by atoms with Crippen molar-refractivity contribution < 1.29 is 27.4 Å². The number of amides is 1. The molecule has 1 N–H and O–H groups in total. The minimum Gasteiger partial charge on any atom is -0.486 e. The fraction of sp³-hybridized carbons (Fsp3) is 0.381.